The van der Waals surface area contributed by atoms with Crippen LogP contribution >= 0.6 is 0 Å². The monoisotopic (exact) mass is 315 g/mol. The normalized spacial score (nSPS) is 20.8. The number of alkyl halides is 3. The number of carbonyl (C=O) groups is 1. The molecule has 1 atom stereocenters. The van der Waals surface area contributed by atoms with Crippen molar-refractivity contribution in [1.29, 1.82) is 0 Å². The first-order valence-corrected chi connectivity index (χ1v) is 6.74. The van der Waals surface area contributed by atoms with Gasteiger partial charge in [-0.1, -0.05) is 31.5 Å². The van der Waals surface area contributed by atoms with Crippen molar-refractivity contribution in [3.8, 4) is 5.75 Å². The van der Waals surface area contributed by atoms with Gasteiger partial charge in [0.05, 0.1) is 18.1 Å². The van der Waals surface area contributed by atoms with Crippen LogP contribution in [-0.2, 0) is 9.53 Å². The molecule has 120 valence electrons. The summed E-state index contributed by atoms with van der Waals surface area (Å²) in [4.78, 5) is 11.2. The van der Waals surface area contributed by atoms with Crippen molar-refractivity contribution in [3.63, 3.8) is 0 Å². The minimum Gasteiger partial charge on any atom is -0.545 e. The number of aliphatic carboxylic acids is 1. The number of para-hydroxylation sites is 1. The van der Waals surface area contributed by atoms with Gasteiger partial charge in [0, 0.05) is 5.56 Å². The standard InChI is InChI=1S/C15H15F3O4/c1-2-3-8-21-14(15(16,17)18)11(13(19)20)9-10-6-4-5-7-12(10)22-14/h4-7,9H,2-3,8H2,1H3,(H,19,20)/p-1. The number of hydrogen-bond acceptors (Lipinski definition) is 4. The molecule has 0 fully saturated rings. The van der Waals surface area contributed by atoms with Gasteiger partial charge >= 0.3 is 12.0 Å². The van der Waals surface area contributed by atoms with Crippen LogP contribution in [0.2, 0.25) is 0 Å². The lowest BCUT2D eigenvalue weighted by Gasteiger charge is -2.40. The summed E-state index contributed by atoms with van der Waals surface area (Å²) in [5, 5.41) is 11.2. The van der Waals surface area contributed by atoms with Gasteiger partial charge < -0.3 is 19.4 Å². The van der Waals surface area contributed by atoms with Gasteiger partial charge in [0.25, 0.3) is 0 Å². The van der Waals surface area contributed by atoms with Crippen molar-refractivity contribution in [2.75, 3.05) is 6.61 Å². The predicted molar refractivity (Wildman–Crippen MR) is 69.7 cm³/mol. The number of carboxylic acids is 1. The Kier molecular flexibility index (Phi) is 4.46. The molecule has 0 saturated heterocycles. The van der Waals surface area contributed by atoms with E-state index in [1.807, 2.05) is 0 Å². The maximum Gasteiger partial charge on any atom is 0.460 e. The Morgan fingerprint density at radius 2 is 2.05 bits per heavy atom. The molecule has 7 heteroatoms. The first-order valence-electron chi connectivity index (χ1n) is 6.74. The highest BCUT2D eigenvalue weighted by molar-refractivity contribution is 5.94. The Balaban J connectivity index is 2.54. The van der Waals surface area contributed by atoms with Crippen molar-refractivity contribution in [3.05, 3.63) is 35.4 Å². The molecule has 0 spiro atoms. The lowest BCUT2D eigenvalue weighted by molar-refractivity contribution is -0.347. The van der Waals surface area contributed by atoms with Crippen LogP contribution in [0.5, 0.6) is 5.75 Å². The fourth-order valence-corrected chi connectivity index (χ4v) is 2.11. The summed E-state index contributed by atoms with van der Waals surface area (Å²) >= 11 is 0. The minimum atomic E-state index is -5.07. The number of carbonyl (C=O) groups excluding carboxylic acids is 1. The fourth-order valence-electron chi connectivity index (χ4n) is 2.11. The zero-order valence-electron chi connectivity index (χ0n) is 11.8. The van der Waals surface area contributed by atoms with Crippen LogP contribution < -0.4 is 9.84 Å². The van der Waals surface area contributed by atoms with Crippen molar-refractivity contribution >= 4 is 12.0 Å². The lowest BCUT2D eigenvalue weighted by Crippen LogP contribution is -2.58. The Morgan fingerprint density at radius 1 is 1.36 bits per heavy atom. The van der Waals surface area contributed by atoms with Gasteiger partial charge in [0.2, 0.25) is 0 Å². The second-order valence-electron chi connectivity index (χ2n) is 4.80. The largest absolute Gasteiger partial charge is 0.545 e. The third-order valence-electron chi connectivity index (χ3n) is 3.22. The van der Waals surface area contributed by atoms with E-state index in [4.69, 9.17) is 9.47 Å². The third kappa shape index (κ3) is 2.81. The van der Waals surface area contributed by atoms with Gasteiger partial charge in [-0.25, -0.2) is 0 Å². The van der Waals surface area contributed by atoms with Crippen molar-refractivity contribution in [2.45, 2.75) is 31.7 Å². The van der Waals surface area contributed by atoms with E-state index in [2.05, 4.69) is 0 Å². The third-order valence-corrected chi connectivity index (χ3v) is 3.22. The number of ether oxygens (including phenoxy) is 2. The lowest BCUT2D eigenvalue weighted by atomic mass is 9.97. The van der Waals surface area contributed by atoms with Gasteiger partial charge in [-0.05, 0) is 18.6 Å². The molecule has 1 aromatic carbocycles. The molecule has 0 bridgehead atoms. The Labute approximate surface area is 125 Å². The van der Waals surface area contributed by atoms with Gasteiger partial charge in [-0.3, -0.25) is 0 Å². The second-order valence-corrected chi connectivity index (χ2v) is 4.80. The Bertz CT molecular complexity index is 595. The fraction of sp³-hybridized carbons (Fsp3) is 0.400. The maximum atomic E-state index is 13.5. The van der Waals surface area contributed by atoms with E-state index in [9.17, 15) is 23.1 Å². The smallest absolute Gasteiger partial charge is 0.460 e. The van der Waals surface area contributed by atoms with Crippen molar-refractivity contribution in [2.24, 2.45) is 0 Å². The zero-order chi connectivity index (χ0) is 16.4. The average Bonchev–Trinajstić information content (AvgIpc) is 2.45. The number of halogens is 3. The number of fused-ring (bicyclic) bond motifs is 1. The summed E-state index contributed by atoms with van der Waals surface area (Å²) in [5.41, 5.74) is -0.865. The van der Waals surface area contributed by atoms with Gasteiger partial charge in [0.1, 0.15) is 5.75 Å². The molecule has 0 aliphatic carbocycles. The van der Waals surface area contributed by atoms with Crippen LogP contribution in [0.1, 0.15) is 25.3 Å². The molecule has 0 saturated carbocycles. The molecule has 1 aromatic rings. The minimum absolute atomic E-state index is 0.0960. The van der Waals surface area contributed by atoms with E-state index < -0.39 is 23.5 Å². The van der Waals surface area contributed by atoms with Crippen LogP contribution in [0.3, 0.4) is 0 Å². The topological polar surface area (TPSA) is 58.6 Å². The second kappa shape index (κ2) is 6.00. The summed E-state index contributed by atoms with van der Waals surface area (Å²) < 4.78 is 50.5. The van der Waals surface area contributed by atoms with E-state index in [-0.39, 0.29) is 17.9 Å². The number of carboxylic acid groups (broad SMARTS) is 1. The summed E-state index contributed by atoms with van der Waals surface area (Å²) in [7, 11) is 0. The summed E-state index contributed by atoms with van der Waals surface area (Å²) in [6.45, 7) is 1.49. The first-order chi connectivity index (χ1) is 10.3. The highest BCUT2D eigenvalue weighted by Crippen LogP contribution is 2.45. The van der Waals surface area contributed by atoms with Crippen LogP contribution in [-0.4, -0.2) is 24.5 Å². The molecule has 1 aliphatic heterocycles. The van der Waals surface area contributed by atoms with Gasteiger partial charge in [-0.15, -0.1) is 0 Å². The summed E-state index contributed by atoms with van der Waals surface area (Å²) in [6.07, 6.45) is -3.26. The van der Waals surface area contributed by atoms with Crippen molar-refractivity contribution < 1.29 is 32.5 Å². The Hall–Kier alpha value is -2.02. The first kappa shape index (κ1) is 16.4. The summed E-state index contributed by atoms with van der Waals surface area (Å²) in [6, 6.07) is 5.82. The molecule has 2 rings (SSSR count). The maximum absolute atomic E-state index is 13.5. The Morgan fingerprint density at radius 3 is 2.64 bits per heavy atom. The highest BCUT2D eigenvalue weighted by atomic mass is 19.4. The quantitative estimate of drug-likeness (QED) is 0.782. The molecular formula is C15H14F3O4-. The van der Waals surface area contributed by atoms with Crippen LogP contribution in [0.25, 0.3) is 6.08 Å². The molecule has 1 aliphatic rings. The molecule has 22 heavy (non-hydrogen) atoms. The van der Waals surface area contributed by atoms with E-state index in [0.717, 1.165) is 6.08 Å². The van der Waals surface area contributed by atoms with E-state index in [1.54, 1.807) is 13.0 Å². The van der Waals surface area contributed by atoms with E-state index in [0.29, 0.717) is 12.8 Å². The number of rotatable bonds is 5. The van der Waals surface area contributed by atoms with Crippen LogP contribution in [0, 0.1) is 0 Å². The number of benzene rings is 1. The number of hydrogen-bond donors (Lipinski definition) is 0. The molecule has 0 radical (unpaired) electrons. The van der Waals surface area contributed by atoms with E-state index in [1.165, 1.54) is 18.2 Å². The SMILES string of the molecule is CCCCOC1(C(F)(F)F)Oc2ccccc2C=C1C(=O)[O-]. The number of unbranched alkanes of at least 4 members (excludes halogenated alkanes) is 1. The van der Waals surface area contributed by atoms with Gasteiger partial charge in [-0.2, -0.15) is 13.2 Å². The molecule has 0 amide bonds. The molecule has 4 nitrogen and oxygen atoms in total. The summed E-state index contributed by atoms with van der Waals surface area (Å²) in [5.74, 6) is -5.43. The van der Waals surface area contributed by atoms with Crippen LogP contribution in [0.15, 0.2) is 29.8 Å². The van der Waals surface area contributed by atoms with Crippen LogP contribution in [0.4, 0.5) is 13.2 Å². The molecule has 1 unspecified atom stereocenters. The van der Waals surface area contributed by atoms with Crippen molar-refractivity contribution in [1.82, 2.24) is 0 Å². The van der Waals surface area contributed by atoms with E-state index >= 15 is 0 Å². The molecule has 1 heterocycles. The molecule has 0 aromatic heterocycles. The average molecular weight is 315 g/mol. The highest BCUT2D eigenvalue weighted by Gasteiger charge is 2.63. The predicted octanol–water partition coefficient (Wildman–Crippen LogP) is 2.29. The molecule has 0 N–H and O–H groups in total. The molecular weight excluding hydrogens is 301 g/mol. The zero-order valence-corrected chi connectivity index (χ0v) is 11.8. The van der Waals surface area contributed by atoms with Gasteiger partial charge in [0.15, 0.2) is 0 Å².